The van der Waals surface area contributed by atoms with E-state index in [4.69, 9.17) is 0 Å². The Morgan fingerprint density at radius 1 is 0.649 bits per heavy atom. The van der Waals surface area contributed by atoms with Crippen LogP contribution in [0.1, 0.15) is 25.7 Å². The van der Waals surface area contributed by atoms with Gasteiger partial charge in [0.1, 0.15) is 0 Å². The van der Waals surface area contributed by atoms with Gasteiger partial charge in [-0.1, -0.05) is 0 Å². The van der Waals surface area contributed by atoms with Crippen LogP contribution in [0.5, 0.6) is 0 Å². The summed E-state index contributed by atoms with van der Waals surface area (Å²) in [6.45, 7) is 19.6. The van der Waals surface area contributed by atoms with Crippen LogP contribution in [-0.4, -0.2) is 47.9 Å². The molecule has 0 spiro atoms. The Morgan fingerprint density at radius 2 is 1.11 bits per heavy atom. The molecule has 0 N–H and O–H groups in total. The molecule has 2 aliphatic rings. The summed E-state index contributed by atoms with van der Waals surface area (Å²) >= 11 is 0. The van der Waals surface area contributed by atoms with Gasteiger partial charge in [0.15, 0.2) is 0 Å². The average Bonchev–Trinajstić information content (AvgIpc) is 3.49. The van der Waals surface area contributed by atoms with Crippen LogP contribution in [0.25, 0.3) is 0 Å². The fraction of sp³-hybridized carbons (Fsp3) is 0.586. The van der Waals surface area contributed by atoms with E-state index in [2.05, 4.69) is 125 Å². The van der Waals surface area contributed by atoms with Crippen molar-refractivity contribution < 1.29 is 0 Å². The van der Waals surface area contributed by atoms with Crippen LogP contribution in [0.4, 0.5) is 0 Å². The molecule has 4 atom stereocenters. The number of hydrogen-bond donors (Lipinski definition) is 0. The zero-order valence-electron chi connectivity index (χ0n) is 24.8. The van der Waals surface area contributed by atoms with Crippen molar-refractivity contribution in [3.8, 4) is 0 Å². The predicted molar refractivity (Wildman–Crippen MR) is 178 cm³/mol. The van der Waals surface area contributed by atoms with E-state index < -0.39 is 32.6 Å². The van der Waals surface area contributed by atoms with E-state index in [1.165, 1.54) is 42.1 Å². The van der Waals surface area contributed by atoms with Crippen LogP contribution in [0.2, 0.25) is 64.0 Å². The molecule has 0 aliphatic heterocycles. The van der Waals surface area contributed by atoms with Crippen molar-refractivity contribution in [2.45, 2.75) is 89.6 Å². The Bertz CT molecular complexity index is 1130. The average molecular weight is 559 g/mol. The van der Waals surface area contributed by atoms with Gasteiger partial charge in [-0.15, -0.1) is 0 Å². The fourth-order valence-corrected chi connectivity index (χ4v) is 16.0. The molecule has 8 heteroatoms. The van der Waals surface area contributed by atoms with Gasteiger partial charge >= 0.3 is 234 Å². The van der Waals surface area contributed by atoms with E-state index in [0.29, 0.717) is 0 Å². The standard InChI is InChI=1S/C29H48B2N2Si4/c1-34(2,24-9-13-26(14-10-24)36(5,6)32-30)18-17-23-19-22-20-28(23)29(21-22)35(3,4)25-11-15-27(16-12-25)37(7,8)33-31/h9-16,22-23,28-31H,17-21H2,1-8H3. The second kappa shape index (κ2) is 10.5. The van der Waals surface area contributed by atoms with Crippen LogP contribution in [0, 0.1) is 17.8 Å². The van der Waals surface area contributed by atoms with Gasteiger partial charge in [0.25, 0.3) is 0 Å². The molecule has 2 aliphatic carbocycles. The van der Waals surface area contributed by atoms with Crippen LogP contribution >= 0.6 is 0 Å². The number of fused-ring (bicyclic) bond motifs is 2. The third-order valence-corrected chi connectivity index (χ3v) is 23.4. The Kier molecular flexibility index (Phi) is 8.28. The third-order valence-electron chi connectivity index (χ3n) is 10.5. The van der Waals surface area contributed by atoms with Crippen molar-refractivity contribution in [3.63, 3.8) is 0 Å². The molecule has 2 aromatic carbocycles. The molecule has 37 heavy (non-hydrogen) atoms. The minimum atomic E-state index is -1.74. The summed E-state index contributed by atoms with van der Waals surface area (Å²) in [4.78, 5) is 0. The summed E-state index contributed by atoms with van der Waals surface area (Å²) in [6.07, 6.45) is 5.90. The number of rotatable bonds is 10. The van der Waals surface area contributed by atoms with Gasteiger partial charge in [-0.2, -0.15) is 0 Å². The first-order valence-corrected chi connectivity index (χ1v) is 26.6. The van der Waals surface area contributed by atoms with E-state index in [-0.39, 0.29) is 0 Å². The zero-order valence-corrected chi connectivity index (χ0v) is 28.8. The van der Waals surface area contributed by atoms with E-state index >= 15 is 0 Å². The van der Waals surface area contributed by atoms with Crippen LogP contribution in [-0.2, 0) is 0 Å². The Morgan fingerprint density at radius 3 is 1.57 bits per heavy atom. The van der Waals surface area contributed by atoms with Gasteiger partial charge in [-0.3, -0.25) is 0 Å². The van der Waals surface area contributed by atoms with Gasteiger partial charge in [-0.05, 0) is 0 Å². The summed E-state index contributed by atoms with van der Waals surface area (Å²) in [5, 5.41) is 6.07. The molecule has 2 fully saturated rings. The molecule has 0 aromatic heterocycles. The molecule has 0 amide bonds. The summed E-state index contributed by atoms with van der Waals surface area (Å²) in [5.74, 6) is 2.86. The molecule has 4 rings (SSSR count). The Balaban J connectivity index is 1.44. The number of benzene rings is 2. The van der Waals surface area contributed by atoms with E-state index in [0.717, 1.165) is 23.3 Å². The second-order valence-electron chi connectivity index (χ2n) is 14.3. The Labute approximate surface area is 232 Å². The minimum absolute atomic E-state index is 0.938. The SMILES string of the molecule is B=N[Si](C)(C)c1ccc([Si](C)(C)CCC2CC3CC2C([Si](C)(C)c2ccc([Si](C)(C)N=B)cc2)C3)cc1. The van der Waals surface area contributed by atoms with Gasteiger partial charge in [0.2, 0.25) is 0 Å². The second-order valence-corrected chi connectivity index (χ2v) is 32.0. The maximum atomic E-state index is 4.48. The molecule has 0 heterocycles. The summed E-state index contributed by atoms with van der Waals surface area (Å²) in [5.41, 5.74) is 0.938. The normalized spacial score (nSPS) is 24.3. The predicted octanol–water partition coefficient (Wildman–Crippen LogP) is 5.02. The van der Waals surface area contributed by atoms with Crippen molar-refractivity contribution in [2.75, 3.05) is 0 Å². The number of hydrogen-bond acceptors (Lipinski definition) is 2. The molecular formula is C29H48B2N2Si4. The van der Waals surface area contributed by atoms with Crippen LogP contribution < -0.4 is 20.7 Å². The van der Waals surface area contributed by atoms with Gasteiger partial charge < -0.3 is 0 Å². The molecule has 196 valence electrons. The molecule has 2 nitrogen and oxygen atoms in total. The van der Waals surface area contributed by atoms with Crippen LogP contribution in [0.3, 0.4) is 0 Å². The van der Waals surface area contributed by atoms with Crippen molar-refractivity contribution in [3.05, 3.63) is 48.5 Å². The first-order valence-electron chi connectivity index (χ1n) is 14.4. The van der Waals surface area contributed by atoms with Crippen molar-refractivity contribution in [1.29, 1.82) is 0 Å². The first kappa shape index (κ1) is 29.0. The molecule has 0 saturated heterocycles. The number of nitrogens with zero attached hydrogens (tertiary/aromatic N) is 2. The van der Waals surface area contributed by atoms with E-state index in [1.807, 2.05) is 0 Å². The topological polar surface area (TPSA) is 24.7 Å². The summed E-state index contributed by atoms with van der Waals surface area (Å²) < 4.78 is 8.94. The molecule has 2 aromatic rings. The monoisotopic (exact) mass is 558 g/mol. The fourth-order valence-electron chi connectivity index (χ4n) is 7.38. The van der Waals surface area contributed by atoms with E-state index in [1.54, 1.807) is 10.4 Å². The third kappa shape index (κ3) is 5.82. The molecule has 2 bridgehead atoms. The summed E-state index contributed by atoms with van der Waals surface area (Å²) in [6, 6.07) is 20.7. The van der Waals surface area contributed by atoms with E-state index in [9.17, 15) is 0 Å². The van der Waals surface area contributed by atoms with Crippen molar-refractivity contribution in [2.24, 2.45) is 26.9 Å². The summed E-state index contributed by atoms with van der Waals surface area (Å²) in [7, 11) is 1.27. The van der Waals surface area contributed by atoms with Crippen molar-refractivity contribution >= 4 is 68.6 Å². The van der Waals surface area contributed by atoms with Crippen molar-refractivity contribution in [1.82, 2.24) is 0 Å². The Hall–Kier alpha value is -0.963. The first-order chi connectivity index (χ1) is 17.2. The molecule has 4 unspecified atom stereocenters. The molecular weight excluding hydrogens is 510 g/mol. The maximum absolute atomic E-state index is 4.48. The van der Waals surface area contributed by atoms with Crippen LogP contribution in [0.15, 0.2) is 57.7 Å². The quantitative estimate of drug-likeness (QED) is 0.366. The van der Waals surface area contributed by atoms with Gasteiger partial charge in [0.05, 0.1) is 0 Å². The molecule has 2 saturated carbocycles. The van der Waals surface area contributed by atoms with Gasteiger partial charge in [-0.25, -0.2) is 0 Å². The van der Waals surface area contributed by atoms with Gasteiger partial charge in [0, 0.05) is 0 Å². The zero-order chi connectivity index (χ0) is 27.2. The molecule has 0 radical (unpaired) electrons.